The summed E-state index contributed by atoms with van der Waals surface area (Å²) >= 11 is 6.33. The second-order valence-corrected chi connectivity index (χ2v) is 9.11. The van der Waals surface area contributed by atoms with E-state index in [9.17, 15) is 9.59 Å². The number of aromatic nitrogens is 4. The molecule has 0 aliphatic rings. The molecule has 0 saturated heterocycles. The first-order chi connectivity index (χ1) is 16.4. The number of ketones is 1. The highest BCUT2D eigenvalue weighted by molar-refractivity contribution is 6.31. The summed E-state index contributed by atoms with van der Waals surface area (Å²) < 4.78 is 1.40. The maximum atomic E-state index is 13.1. The number of hydrogen-bond acceptors (Lipinski definition) is 4. The van der Waals surface area contributed by atoms with Gasteiger partial charge in [0.2, 0.25) is 0 Å². The van der Waals surface area contributed by atoms with Crippen LogP contribution in [0.4, 0.5) is 0 Å². The van der Waals surface area contributed by atoms with E-state index in [0.717, 1.165) is 16.7 Å². The normalized spacial score (nSPS) is 12.1. The molecule has 1 unspecified atom stereocenters. The summed E-state index contributed by atoms with van der Waals surface area (Å²) in [7, 11) is 0. The van der Waals surface area contributed by atoms with Crippen molar-refractivity contribution in [2.45, 2.75) is 33.1 Å². The van der Waals surface area contributed by atoms with E-state index in [4.69, 9.17) is 11.6 Å². The molecule has 1 atom stereocenters. The summed E-state index contributed by atoms with van der Waals surface area (Å²) in [5.74, 6) is 0.806. The number of nitrogens with one attached hydrogen (secondary N) is 1. The predicted molar refractivity (Wildman–Crippen MR) is 134 cm³/mol. The van der Waals surface area contributed by atoms with Gasteiger partial charge in [-0.05, 0) is 54.2 Å². The fourth-order valence-electron chi connectivity index (χ4n) is 4.08. The molecule has 0 aliphatic carbocycles. The van der Waals surface area contributed by atoms with Crippen LogP contribution in [0.15, 0.2) is 78.1 Å². The molecule has 1 N–H and O–H groups in total. The zero-order valence-corrected chi connectivity index (χ0v) is 20.0. The summed E-state index contributed by atoms with van der Waals surface area (Å²) in [6.45, 7) is 4.14. The van der Waals surface area contributed by atoms with Crippen LogP contribution in [0.3, 0.4) is 0 Å². The van der Waals surface area contributed by atoms with Crippen molar-refractivity contribution in [1.82, 2.24) is 19.7 Å². The fourth-order valence-corrected chi connectivity index (χ4v) is 4.30. The standard InChI is InChI=1S/C27H27ClN4O2/c1-18(2)22(15-20-6-3-4-8-24(20)28)25(33)10-9-19-11-13-30-26(14-19)32-27(34)23(17-31-32)21-7-5-12-29-16-21/h3-8,11-14,16-18,22,31H,9-10,15H2,1-2H3. The Labute approximate surface area is 203 Å². The van der Waals surface area contributed by atoms with E-state index >= 15 is 0 Å². The molecule has 4 rings (SSSR count). The second-order valence-electron chi connectivity index (χ2n) is 8.70. The van der Waals surface area contributed by atoms with E-state index in [-0.39, 0.29) is 23.2 Å². The van der Waals surface area contributed by atoms with Crippen LogP contribution >= 0.6 is 11.6 Å². The predicted octanol–water partition coefficient (Wildman–Crippen LogP) is 5.29. The van der Waals surface area contributed by atoms with Crippen molar-refractivity contribution in [2.75, 3.05) is 0 Å². The number of halogens is 1. The van der Waals surface area contributed by atoms with Crippen molar-refractivity contribution < 1.29 is 4.79 Å². The van der Waals surface area contributed by atoms with Gasteiger partial charge in [0.05, 0.1) is 5.56 Å². The van der Waals surface area contributed by atoms with Gasteiger partial charge in [-0.2, -0.15) is 0 Å². The van der Waals surface area contributed by atoms with Crippen LogP contribution in [0.5, 0.6) is 0 Å². The largest absolute Gasteiger partial charge is 0.299 e. The van der Waals surface area contributed by atoms with E-state index in [1.165, 1.54) is 4.68 Å². The van der Waals surface area contributed by atoms with Crippen LogP contribution in [0.25, 0.3) is 16.9 Å². The number of aromatic amines is 1. The van der Waals surface area contributed by atoms with Gasteiger partial charge in [-0.25, -0.2) is 9.67 Å². The molecule has 174 valence electrons. The lowest BCUT2D eigenvalue weighted by molar-refractivity contribution is -0.124. The molecule has 1 aromatic carbocycles. The second kappa shape index (κ2) is 10.6. The molecule has 3 heterocycles. The first-order valence-corrected chi connectivity index (χ1v) is 11.7. The summed E-state index contributed by atoms with van der Waals surface area (Å²) in [4.78, 5) is 34.5. The van der Waals surface area contributed by atoms with Gasteiger partial charge in [-0.15, -0.1) is 0 Å². The molecule has 4 aromatic rings. The first-order valence-electron chi connectivity index (χ1n) is 11.4. The van der Waals surface area contributed by atoms with Crippen LogP contribution < -0.4 is 5.56 Å². The molecule has 34 heavy (non-hydrogen) atoms. The van der Waals surface area contributed by atoms with Crippen LogP contribution in [0, 0.1) is 11.8 Å². The smallest absolute Gasteiger partial charge is 0.280 e. The van der Waals surface area contributed by atoms with E-state index < -0.39 is 0 Å². The van der Waals surface area contributed by atoms with E-state index in [0.29, 0.717) is 35.7 Å². The Morgan fingerprint density at radius 3 is 2.68 bits per heavy atom. The van der Waals surface area contributed by atoms with Gasteiger partial charge in [-0.3, -0.25) is 19.7 Å². The molecular weight excluding hydrogens is 448 g/mol. The Hall–Kier alpha value is -3.51. The molecule has 0 spiro atoms. The third-order valence-electron chi connectivity index (χ3n) is 6.06. The van der Waals surface area contributed by atoms with Gasteiger partial charge >= 0.3 is 0 Å². The lowest BCUT2D eigenvalue weighted by Crippen LogP contribution is -2.23. The maximum Gasteiger partial charge on any atom is 0.280 e. The Balaban J connectivity index is 1.48. The minimum atomic E-state index is -0.201. The van der Waals surface area contributed by atoms with Crippen LogP contribution in [-0.2, 0) is 17.6 Å². The summed E-state index contributed by atoms with van der Waals surface area (Å²) in [5, 5.41) is 3.68. The highest BCUT2D eigenvalue weighted by Crippen LogP contribution is 2.25. The number of benzene rings is 1. The highest BCUT2D eigenvalue weighted by Gasteiger charge is 2.23. The van der Waals surface area contributed by atoms with Gasteiger partial charge in [0.15, 0.2) is 5.82 Å². The van der Waals surface area contributed by atoms with Crippen molar-refractivity contribution in [3.63, 3.8) is 0 Å². The molecule has 0 fully saturated rings. The SMILES string of the molecule is CC(C)C(Cc1ccccc1Cl)C(=O)CCc1ccnc(-n2[nH]cc(-c3cccnc3)c2=O)c1. The molecule has 7 heteroatoms. The van der Waals surface area contributed by atoms with Crippen LogP contribution in [0.2, 0.25) is 5.02 Å². The average Bonchev–Trinajstić information content (AvgIpc) is 3.23. The minimum Gasteiger partial charge on any atom is -0.299 e. The van der Waals surface area contributed by atoms with Crippen molar-refractivity contribution in [3.05, 3.63) is 99.8 Å². The Kier molecular flexibility index (Phi) is 7.38. The molecule has 0 amide bonds. The number of aryl methyl sites for hydroxylation is 1. The number of carbonyl (C=O) groups is 1. The zero-order chi connectivity index (χ0) is 24.1. The van der Waals surface area contributed by atoms with E-state index in [1.807, 2.05) is 42.5 Å². The summed E-state index contributed by atoms with van der Waals surface area (Å²) in [6.07, 6.45) is 8.25. The highest BCUT2D eigenvalue weighted by atomic mass is 35.5. The van der Waals surface area contributed by atoms with Gasteiger partial charge in [0, 0.05) is 47.7 Å². The van der Waals surface area contributed by atoms with Gasteiger partial charge in [0.25, 0.3) is 5.56 Å². The molecule has 3 aromatic heterocycles. The molecule has 0 bridgehead atoms. The van der Waals surface area contributed by atoms with E-state index in [2.05, 4.69) is 28.9 Å². The number of H-pyrrole nitrogens is 1. The van der Waals surface area contributed by atoms with Crippen molar-refractivity contribution >= 4 is 17.4 Å². The van der Waals surface area contributed by atoms with Crippen LogP contribution in [0.1, 0.15) is 31.4 Å². The topological polar surface area (TPSA) is 80.6 Å². The molecule has 6 nitrogen and oxygen atoms in total. The van der Waals surface area contributed by atoms with E-state index in [1.54, 1.807) is 30.9 Å². The first kappa shape index (κ1) is 23.6. The van der Waals surface area contributed by atoms with Gasteiger partial charge in [-0.1, -0.05) is 49.7 Å². The number of pyridine rings is 2. The molecular formula is C27H27ClN4O2. The number of Topliss-reactive ketones (excluding diaryl/α,β-unsaturated/α-hetero) is 1. The Morgan fingerprint density at radius 2 is 1.94 bits per heavy atom. The van der Waals surface area contributed by atoms with Gasteiger partial charge < -0.3 is 0 Å². The third-order valence-corrected chi connectivity index (χ3v) is 6.43. The Morgan fingerprint density at radius 1 is 1.12 bits per heavy atom. The van der Waals surface area contributed by atoms with Crippen molar-refractivity contribution in [2.24, 2.45) is 11.8 Å². The summed E-state index contributed by atoms with van der Waals surface area (Å²) in [6, 6.07) is 15.0. The minimum absolute atomic E-state index is 0.103. The van der Waals surface area contributed by atoms with Crippen molar-refractivity contribution in [3.8, 4) is 16.9 Å². The van der Waals surface area contributed by atoms with Crippen molar-refractivity contribution in [1.29, 1.82) is 0 Å². The zero-order valence-electron chi connectivity index (χ0n) is 19.2. The monoisotopic (exact) mass is 474 g/mol. The quantitative estimate of drug-likeness (QED) is 0.357. The molecule has 0 saturated carbocycles. The number of nitrogens with zero attached hydrogens (tertiary/aromatic N) is 3. The molecule has 0 aliphatic heterocycles. The fraction of sp³-hybridized carbons (Fsp3) is 0.259. The lowest BCUT2D eigenvalue weighted by Gasteiger charge is -2.20. The van der Waals surface area contributed by atoms with Crippen LogP contribution in [-0.4, -0.2) is 25.5 Å². The Bertz CT molecular complexity index is 1330. The number of rotatable bonds is 9. The van der Waals surface area contributed by atoms with Gasteiger partial charge in [0.1, 0.15) is 5.78 Å². The number of hydrogen-bond donors (Lipinski definition) is 1. The molecule has 0 radical (unpaired) electrons. The maximum absolute atomic E-state index is 13.1. The lowest BCUT2D eigenvalue weighted by atomic mass is 9.84. The summed E-state index contributed by atoms with van der Waals surface area (Å²) in [5.41, 5.74) is 3.01. The third kappa shape index (κ3) is 5.34. The average molecular weight is 475 g/mol. The number of carbonyl (C=O) groups excluding carboxylic acids is 1.